The molecule has 0 unspecified atom stereocenters. The number of methoxy groups -OCH3 is 1. The Balaban J connectivity index is 2.70. The number of benzene rings is 1. The first-order valence-corrected chi connectivity index (χ1v) is 5.57. The third-order valence-corrected chi connectivity index (χ3v) is 3.40. The summed E-state index contributed by atoms with van der Waals surface area (Å²) >= 11 is 0. The summed E-state index contributed by atoms with van der Waals surface area (Å²) < 4.78 is 59.2. The molecule has 1 fully saturated rings. The zero-order valence-electron chi connectivity index (χ0n) is 10.0. The van der Waals surface area contributed by atoms with E-state index in [0.717, 1.165) is 7.11 Å². The molecule has 19 heavy (non-hydrogen) atoms. The molecule has 104 valence electrons. The van der Waals surface area contributed by atoms with Crippen molar-refractivity contribution in [3.8, 4) is 0 Å². The van der Waals surface area contributed by atoms with E-state index in [9.17, 15) is 22.4 Å². The molecule has 0 aliphatic heterocycles. The van der Waals surface area contributed by atoms with Gasteiger partial charge < -0.3 is 10.5 Å². The molecule has 0 heterocycles. The smallest absolute Gasteiger partial charge is 0.344 e. The monoisotopic (exact) mass is 277 g/mol. The average molecular weight is 277 g/mol. The Kier molecular flexibility index (Phi) is 3.25. The molecular formula is C12H11F4NO2. The van der Waals surface area contributed by atoms with E-state index in [0.29, 0.717) is 6.42 Å². The average Bonchev–Trinajstić information content (AvgIpc) is 2.34. The lowest BCUT2D eigenvalue weighted by molar-refractivity contribution is 0.0586. The third-order valence-electron chi connectivity index (χ3n) is 3.40. The molecule has 0 atom stereocenters. The fourth-order valence-electron chi connectivity index (χ4n) is 2.16. The number of rotatable bonds is 2. The summed E-state index contributed by atoms with van der Waals surface area (Å²) in [5, 5.41) is 0. The van der Waals surface area contributed by atoms with Crippen molar-refractivity contribution in [1.29, 1.82) is 0 Å². The van der Waals surface area contributed by atoms with Crippen LogP contribution in [0.3, 0.4) is 0 Å². The number of ether oxygens (including phenoxy) is 1. The van der Waals surface area contributed by atoms with Crippen molar-refractivity contribution < 1.29 is 27.1 Å². The van der Waals surface area contributed by atoms with Crippen LogP contribution in [0.25, 0.3) is 0 Å². The van der Waals surface area contributed by atoms with Gasteiger partial charge >= 0.3 is 5.97 Å². The minimum atomic E-state index is -1.78. The number of hydrogen-bond acceptors (Lipinski definition) is 3. The van der Waals surface area contributed by atoms with Gasteiger partial charge in [0.25, 0.3) is 0 Å². The summed E-state index contributed by atoms with van der Waals surface area (Å²) in [5.41, 5.74) is 2.04. The van der Waals surface area contributed by atoms with Crippen LogP contribution in [-0.2, 0) is 10.3 Å². The number of esters is 1. The van der Waals surface area contributed by atoms with Crippen LogP contribution in [0.5, 0.6) is 0 Å². The molecule has 1 aliphatic carbocycles. The third kappa shape index (κ3) is 1.88. The van der Waals surface area contributed by atoms with Crippen LogP contribution in [0, 0.1) is 23.3 Å². The van der Waals surface area contributed by atoms with Crippen molar-refractivity contribution in [2.45, 2.75) is 24.8 Å². The molecule has 2 N–H and O–H groups in total. The Hall–Kier alpha value is -1.63. The van der Waals surface area contributed by atoms with Crippen molar-refractivity contribution in [2.24, 2.45) is 5.73 Å². The lowest BCUT2D eigenvalue weighted by atomic mass is 9.72. The number of halogens is 4. The number of carbonyl (C=O) groups excluding carboxylic acids is 1. The van der Waals surface area contributed by atoms with Crippen LogP contribution >= 0.6 is 0 Å². The van der Waals surface area contributed by atoms with Crippen molar-refractivity contribution in [1.82, 2.24) is 0 Å². The van der Waals surface area contributed by atoms with E-state index in [1.807, 2.05) is 0 Å². The molecule has 3 nitrogen and oxygen atoms in total. The van der Waals surface area contributed by atoms with Gasteiger partial charge in [0.15, 0.2) is 23.3 Å². The van der Waals surface area contributed by atoms with Crippen LogP contribution in [-0.4, -0.2) is 13.1 Å². The van der Waals surface area contributed by atoms with E-state index in [1.165, 1.54) is 0 Å². The highest BCUT2D eigenvalue weighted by molar-refractivity contribution is 5.90. The molecule has 0 spiro atoms. The van der Waals surface area contributed by atoms with Gasteiger partial charge in [-0.3, -0.25) is 0 Å². The van der Waals surface area contributed by atoms with E-state index in [4.69, 9.17) is 5.73 Å². The molecule has 0 amide bonds. The van der Waals surface area contributed by atoms with E-state index >= 15 is 0 Å². The lowest BCUT2D eigenvalue weighted by Crippen LogP contribution is -2.45. The zero-order chi connectivity index (χ0) is 14.4. The molecular weight excluding hydrogens is 266 g/mol. The maximum atomic E-state index is 13.8. The van der Waals surface area contributed by atoms with Gasteiger partial charge in [-0.25, -0.2) is 22.4 Å². The van der Waals surface area contributed by atoms with Crippen LogP contribution in [0.2, 0.25) is 0 Å². The minimum Gasteiger partial charge on any atom is -0.465 e. The van der Waals surface area contributed by atoms with Gasteiger partial charge in [0.1, 0.15) is 5.56 Å². The predicted molar refractivity (Wildman–Crippen MR) is 57.3 cm³/mol. The fourth-order valence-corrected chi connectivity index (χ4v) is 2.16. The fraction of sp³-hybridized carbons (Fsp3) is 0.417. The van der Waals surface area contributed by atoms with E-state index in [1.54, 1.807) is 0 Å². The van der Waals surface area contributed by atoms with Crippen LogP contribution < -0.4 is 5.73 Å². The quantitative estimate of drug-likeness (QED) is 0.513. The normalized spacial score (nSPS) is 16.9. The van der Waals surface area contributed by atoms with Gasteiger partial charge in [0.05, 0.1) is 7.11 Å². The highest BCUT2D eigenvalue weighted by Gasteiger charge is 2.43. The molecule has 1 aliphatic rings. The van der Waals surface area contributed by atoms with E-state index in [2.05, 4.69) is 4.74 Å². The van der Waals surface area contributed by atoms with E-state index < -0.39 is 45.9 Å². The number of nitrogens with two attached hydrogens (primary N) is 1. The Morgan fingerprint density at radius 3 is 1.89 bits per heavy atom. The molecule has 0 aromatic heterocycles. The van der Waals surface area contributed by atoms with Gasteiger partial charge in [-0.2, -0.15) is 0 Å². The second-order valence-corrected chi connectivity index (χ2v) is 4.51. The topological polar surface area (TPSA) is 52.3 Å². The maximum Gasteiger partial charge on any atom is 0.344 e. The second-order valence-electron chi connectivity index (χ2n) is 4.51. The molecule has 0 bridgehead atoms. The Labute approximate surface area is 106 Å². The van der Waals surface area contributed by atoms with Crippen molar-refractivity contribution in [3.05, 3.63) is 34.4 Å². The number of hydrogen-bond donors (Lipinski definition) is 1. The zero-order valence-corrected chi connectivity index (χ0v) is 10.0. The highest BCUT2D eigenvalue weighted by atomic mass is 19.2. The SMILES string of the molecule is COC(=O)c1c(F)c(F)c(C2(N)CCC2)c(F)c1F. The van der Waals surface area contributed by atoms with Crippen molar-refractivity contribution >= 4 is 5.97 Å². The summed E-state index contributed by atoms with van der Waals surface area (Å²) in [7, 11) is 0.849. The number of carbonyl (C=O) groups is 1. The Morgan fingerprint density at radius 1 is 1.11 bits per heavy atom. The minimum absolute atomic E-state index is 0.220. The first kappa shape index (κ1) is 13.8. The van der Waals surface area contributed by atoms with Gasteiger partial charge in [0.2, 0.25) is 0 Å². The molecule has 7 heteroatoms. The van der Waals surface area contributed by atoms with Crippen molar-refractivity contribution in [3.63, 3.8) is 0 Å². The van der Waals surface area contributed by atoms with Crippen LogP contribution in [0.4, 0.5) is 17.6 Å². The first-order valence-electron chi connectivity index (χ1n) is 5.57. The molecule has 1 aromatic carbocycles. The summed E-state index contributed by atoms with van der Waals surface area (Å²) in [5.74, 6) is -8.32. The lowest BCUT2D eigenvalue weighted by Gasteiger charge is -2.39. The van der Waals surface area contributed by atoms with Gasteiger partial charge in [0, 0.05) is 11.1 Å². The Bertz CT molecular complexity index is 526. The summed E-state index contributed by atoms with van der Waals surface area (Å²) in [4.78, 5) is 11.1. The second kappa shape index (κ2) is 4.48. The molecule has 1 aromatic rings. The first-order chi connectivity index (χ1) is 8.83. The molecule has 2 rings (SSSR count). The summed E-state index contributed by atoms with van der Waals surface area (Å²) in [6, 6.07) is 0. The van der Waals surface area contributed by atoms with Gasteiger partial charge in [-0.15, -0.1) is 0 Å². The molecule has 0 saturated heterocycles. The molecule has 1 saturated carbocycles. The van der Waals surface area contributed by atoms with E-state index in [-0.39, 0.29) is 12.8 Å². The van der Waals surface area contributed by atoms with Gasteiger partial charge in [-0.05, 0) is 19.3 Å². The predicted octanol–water partition coefficient (Wildman–Crippen LogP) is 2.37. The maximum absolute atomic E-state index is 13.8. The molecule has 0 radical (unpaired) electrons. The largest absolute Gasteiger partial charge is 0.465 e. The van der Waals surface area contributed by atoms with Gasteiger partial charge in [-0.1, -0.05) is 0 Å². The standard InChI is InChI=1S/C12H11F4NO2/c1-19-11(18)5-7(13)9(15)6(10(16)8(5)14)12(17)3-2-4-12/h2-4,17H2,1H3. The summed E-state index contributed by atoms with van der Waals surface area (Å²) in [6.45, 7) is 0. The highest BCUT2D eigenvalue weighted by Crippen LogP contribution is 2.42. The van der Waals surface area contributed by atoms with Crippen LogP contribution in [0.15, 0.2) is 0 Å². The Morgan fingerprint density at radius 2 is 1.58 bits per heavy atom. The van der Waals surface area contributed by atoms with Crippen LogP contribution in [0.1, 0.15) is 35.2 Å². The van der Waals surface area contributed by atoms with Crippen molar-refractivity contribution in [2.75, 3.05) is 7.11 Å². The summed E-state index contributed by atoms with van der Waals surface area (Å²) in [6.07, 6.45) is 1.05.